The maximum atomic E-state index is 12.7. The number of carbonyl (C=O) groups excluding carboxylic acids is 2. The molecule has 1 fully saturated rings. The van der Waals surface area contributed by atoms with Gasteiger partial charge in [0.15, 0.2) is 10.7 Å². The molecule has 0 unspecified atom stereocenters. The molecular formula is C18H22N4O3S. The van der Waals surface area contributed by atoms with E-state index in [2.05, 4.69) is 10.1 Å². The Morgan fingerprint density at radius 2 is 1.77 bits per heavy atom. The van der Waals surface area contributed by atoms with Crippen molar-refractivity contribution in [3.05, 3.63) is 33.1 Å². The average molecular weight is 374 g/mol. The highest BCUT2D eigenvalue weighted by atomic mass is 32.1. The fourth-order valence-electron chi connectivity index (χ4n) is 3.52. The second-order valence-corrected chi connectivity index (χ2v) is 7.94. The Morgan fingerprint density at radius 1 is 1.04 bits per heavy atom. The predicted molar refractivity (Wildman–Crippen MR) is 96.4 cm³/mol. The molecule has 2 aliphatic heterocycles. The summed E-state index contributed by atoms with van der Waals surface area (Å²) in [5.74, 6) is 0.584. The number of piperidine rings is 1. The summed E-state index contributed by atoms with van der Waals surface area (Å²) in [6.07, 6.45) is 4.75. The normalized spacial score (nSPS) is 17.7. The van der Waals surface area contributed by atoms with Crippen LogP contribution >= 0.6 is 11.3 Å². The van der Waals surface area contributed by atoms with E-state index in [-0.39, 0.29) is 11.8 Å². The first-order valence-electron chi connectivity index (χ1n) is 9.12. The van der Waals surface area contributed by atoms with Crippen molar-refractivity contribution in [3.63, 3.8) is 0 Å². The van der Waals surface area contributed by atoms with Gasteiger partial charge in [0.05, 0.1) is 5.69 Å². The number of thiazole rings is 1. The van der Waals surface area contributed by atoms with Crippen molar-refractivity contribution >= 4 is 23.2 Å². The number of hydrogen-bond donors (Lipinski definition) is 0. The maximum absolute atomic E-state index is 12.7. The van der Waals surface area contributed by atoms with E-state index in [1.807, 2.05) is 4.90 Å². The van der Waals surface area contributed by atoms with Crippen molar-refractivity contribution < 1.29 is 14.1 Å². The Labute approximate surface area is 156 Å². The Kier molecular flexibility index (Phi) is 4.76. The first-order valence-corrected chi connectivity index (χ1v) is 9.94. The van der Waals surface area contributed by atoms with E-state index in [0.717, 1.165) is 42.9 Å². The number of nitrogens with zero attached hydrogens (tertiary/aromatic N) is 4. The maximum Gasteiger partial charge on any atom is 0.282 e. The zero-order valence-electron chi connectivity index (χ0n) is 14.9. The summed E-state index contributed by atoms with van der Waals surface area (Å²) in [6.45, 7) is 4.63. The van der Waals surface area contributed by atoms with E-state index in [1.165, 1.54) is 17.8 Å². The molecule has 26 heavy (non-hydrogen) atoms. The zero-order valence-corrected chi connectivity index (χ0v) is 15.7. The van der Waals surface area contributed by atoms with E-state index < -0.39 is 0 Å². The third-order valence-corrected chi connectivity index (χ3v) is 6.11. The minimum Gasteiger partial charge on any atom is -0.361 e. The summed E-state index contributed by atoms with van der Waals surface area (Å²) in [5, 5.41) is 4.42. The predicted octanol–water partition coefficient (Wildman–Crippen LogP) is 2.31. The molecule has 4 rings (SSSR count). The molecule has 7 nitrogen and oxygen atoms in total. The Bertz CT molecular complexity index is 797. The molecule has 0 atom stereocenters. The standard InChI is InChI=1S/C18H22N4O3S/c1-12-11-14(20-25-12)17(23)22-9-5-13-15(6-10-22)26-16(19-13)18(24)21-7-3-2-4-8-21/h11H,2-10H2,1H3. The summed E-state index contributed by atoms with van der Waals surface area (Å²) < 4.78 is 5.00. The Hall–Kier alpha value is -2.22. The van der Waals surface area contributed by atoms with Gasteiger partial charge in [0.2, 0.25) is 0 Å². The van der Waals surface area contributed by atoms with Crippen molar-refractivity contribution in [2.24, 2.45) is 0 Å². The molecule has 2 amide bonds. The number of likely N-dealkylation sites (tertiary alicyclic amines) is 1. The third kappa shape index (κ3) is 3.38. The van der Waals surface area contributed by atoms with Gasteiger partial charge in [-0.15, -0.1) is 11.3 Å². The van der Waals surface area contributed by atoms with Gasteiger partial charge in [-0.25, -0.2) is 4.98 Å². The van der Waals surface area contributed by atoms with Crippen LogP contribution in [0.25, 0.3) is 0 Å². The van der Waals surface area contributed by atoms with Crippen molar-refractivity contribution in [2.75, 3.05) is 26.2 Å². The van der Waals surface area contributed by atoms with E-state index >= 15 is 0 Å². The number of fused-ring (bicyclic) bond motifs is 1. The highest BCUT2D eigenvalue weighted by Crippen LogP contribution is 2.25. The number of aromatic nitrogens is 2. The Morgan fingerprint density at radius 3 is 2.50 bits per heavy atom. The van der Waals surface area contributed by atoms with Crippen LogP contribution in [0.4, 0.5) is 0 Å². The third-order valence-electron chi connectivity index (χ3n) is 4.97. The topological polar surface area (TPSA) is 79.5 Å². The van der Waals surface area contributed by atoms with Gasteiger partial charge in [0, 0.05) is 50.0 Å². The fraction of sp³-hybridized carbons (Fsp3) is 0.556. The molecule has 0 aromatic carbocycles. The van der Waals surface area contributed by atoms with Crippen LogP contribution in [0.15, 0.2) is 10.6 Å². The van der Waals surface area contributed by atoms with Crippen molar-refractivity contribution in [1.82, 2.24) is 19.9 Å². The molecule has 0 spiro atoms. The lowest BCUT2D eigenvalue weighted by Crippen LogP contribution is -2.35. The lowest BCUT2D eigenvalue weighted by atomic mass is 10.1. The van der Waals surface area contributed by atoms with Crippen LogP contribution in [0.1, 0.15) is 55.9 Å². The van der Waals surface area contributed by atoms with Crippen LogP contribution in [0.2, 0.25) is 0 Å². The summed E-state index contributed by atoms with van der Waals surface area (Å²) in [5.41, 5.74) is 1.31. The molecule has 1 saturated heterocycles. The average Bonchev–Trinajstić information content (AvgIpc) is 3.23. The largest absolute Gasteiger partial charge is 0.361 e. The molecule has 0 bridgehead atoms. The number of rotatable bonds is 2. The quantitative estimate of drug-likeness (QED) is 0.806. The molecule has 0 aliphatic carbocycles. The molecule has 8 heteroatoms. The van der Waals surface area contributed by atoms with Crippen LogP contribution in [-0.2, 0) is 12.8 Å². The SMILES string of the molecule is Cc1cc(C(=O)N2CCc3nc(C(=O)N4CCCCC4)sc3CC2)no1. The van der Waals surface area contributed by atoms with E-state index in [4.69, 9.17) is 4.52 Å². The summed E-state index contributed by atoms with van der Waals surface area (Å²) in [6, 6.07) is 1.66. The van der Waals surface area contributed by atoms with Gasteiger partial charge in [-0.2, -0.15) is 0 Å². The van der Waals surface area contributed by atoms with Gasteiger partial charge in [-0.05, 0) is 26.2 Å². The number of carbonyl (C=O) groups is 2. The minimum absolute atomic E-state index is 0.0637. The molecule has 138 valence electrons. The van der Waals surface area contributed by atoms with Gasteiger partial charge in [-0.3, -0.25) is 9.59 Å². The molecular weight excluding hydrogens is 352 g/mol. The van der Waals surface area contributed by atoms with E-state index in [1.54, 1.807) is 17.9 Å². The highest BCUT2D eigenvalue weighted by Gasteiger charge is 2.27. The van der Waals surface area contributed by atoms with Crippen LogP contribution in [0, 0.1) is 6.92 Å². The summed E-state index contributed by atoms with van der Waals surface area (Å²) in [7, 11) is 0. The zero-order chi connectivity index (χ0) is 18.1. The summed E-state index contributed by atoms with van der Waals surface area (Å²) in [4.78, 5) is 34.6. The van der Waals surface area contributed by atoms with Gasteiger partial charge < -0.3 is 14.3 Å². The Balaban J connectivity index is 1.44. The molecule has 4 heterocycles. The lowest BCUT2D eigenvalue weighted by molar-refractivity contribution is 0.0720. The van der Waals surface area contributed by atoms with Crippen LogP contribution in [0.3, 0.4) is 0 Å². The van der Waals surface area contributed by atoms with Crippen molar-refractivity contribution in [2.45, 2.75) is 39.0 Å². The number of amides is 2. The van der Waals surface area contributed by atoms with Crippen LogP contribution in [-0.4, -0.2) is 57.9 Å². The molecule has 2 aromatic rings. The smallest absolute Gasteiger partial charge is 0.282 e. The lowest BCUT2D eigenvalue weighted by Gasteiger charge is -2.25. The van der Waals surface area contributed by atoms with Gasteiger partial charge in [-0.1, -0.05) is 5.16 Å². The monoisotopic (exact) mass is 374 g/mol. The molecule has 2 aromatic heterocycles. The second kappa shape index (κ2) is 7.19. The van der Waals surface area contributed by atoms with Gasteiger partial charge in [0.25, 0.3) is 11.8 Å². The van der Waals surface area contributed by atoms with E-state index in [9.17, 15) is 9.59 Å². The molecule has 0 N–H and O–H groups in total. The van der Waals surface area contributed by atoms with Crippen molar-refractivity contribution in [1.29, 1.82) is 0 Å². The first kappa shape index (κ1) is 17.2. The molecule has 2 aliphatic rings. The van der Waals surface area contributed by atoms with E-state index in [0.29, 0.717) is 36.0 Å². The minimum atomic E-state index is -0.110. The highest BCUT2D eigenvalue weighted by molar-refractivity contribution is 7.13. The number of aryl methyl sites for hydroxylation is 1. The van der Waals surface area contributed by atoms with Crippen LogP contribution < -0.4 is 0 Å². The second-order valence-electron chi connectivity index (χ2n) is 6.86. The first-order chi connectivity index (χ1) is 12.6. The number of hydrogen-bond acceptors (Lipinski definition) is 6. The van der Waals surface area contributed by atoms with Crippen molar-refractivity contribution in [3.8, 4) is 0 Å². The molecule has 0 saturated carbocycles. The van der Waals surface area contributed by atoms with Crippen LogP contribution in [0.5, 0.6) is 0 Å². The fourth-order valence-corrected chi connectivity index (χ4v) is 4.58. The summed E-state index contributed by atoms with van der Waals surface area (Å²) >= 11 is 1.49. The molecule has 0 radical (unpaired) electrons. The van der Waals surface area contributed by atoms with Gasteiger partial charge >= 0.3 is 0 Å². The van der Waals surface area contributed by atoms with Gasteiger partial charge in [0.1, 0.15) is 5.76 Å².